The Bertz CT molecular complexity index is 457. The molecular formula is C13H11Br2NO. The summed E-state index contributed by atoms with van der Waals surface area (Å²) in [4.78, 5) is 4.09. The first-order chi connectivity index (χ1) is 8.24. The van der Waals surface area contributed by atoms with Crippen LogP contribution < -0.4 is 0 Å². The van der Waals surface area contributed by atoms with Crippen molar-refractivity contribution in [1.82, 2.24) is 4.98 Å². The minimum atomic E-state index is 0.568. The fourth-order valence-corrected chi connectivity index (χ4v) is 2.31. The molecule has 0 spiro atoms. The van der Waals surface area contributed by atoms with E-state index in [-0.39, 0.29) is 0 Å². The average molecular weight is 357 g/mol. The van der Waals surface area contributed by atoms with Crippen molar-refractivity contribution in [1.29, 1.82) is 0 Å². The molecule has 0 unspecified atom stereocenters. The molecule has 1 aromatic carbocycles. The molecule has 0 saturated heterocycles. The van der Waals surface area contributed by atoms with E-state index in [1.54, 1.807) is 6.20 Å². The van der Waals surface area contributed by atoms with Crippen LogP contribution in [0.1, 0.15) is 11.1 Å². The Balaban J connectivity index is 1.87. The van der Waals surface area contributed by atoms with Crippen molar-refractivity contribution in [2.75, 3.05) is 0 Å². The van der Waals surface area contributed by atoms with E-state index in [0.717, 1.165) is 20.1 Å². The van der Waals surface area contributed by atoms with Crippen molar-refractivity contribution in [3.8, 4) is 0 Å². The van der Waals surface area contributed by atoms with Gasteiger partial charge in [0.2, 0.25) is 0 Å². The van der Waals surface area contributed by atoms with E-state index in [4.69, 9.17) is 4.74 Å². The van der Waals surface area contributed by atoms with E-state index < -0.39 is 0 Å². The van der Waals surface area contributed by atoms with Gasteiger partial charge < -0.3 is 4.74 Å². The predicted molar refractivity (Wildman–Crippen MR) is 74.6 cm³/mol. The Morgan fingerprint density at radius 3 is 2.47 bits per heavy atom. The maximum Gasteiger partial charge on any atom is 0.0736 e. The molecule has 1 heterocycles. The molecule has 0 fully saturated rings. The maximum atomic E-state index is 5.63. The maximum absolute atomic E-state index is 5.63. The molecule has 0 aliphatic heterocycles. The number of halogens is 2. The van der Waals surface area contributed by atoms with Gasteiger partial charge in [0.1, 0.15) is 0 Å². The third-order valence-electron chi connectivity index (χ3n) is 2.19. The van der Waals surface area contributed by atoms with Gasteiger partial charge in [0, 0.05) is 21.3 Å². The molecule has 4 heteroatoms. The minimum Gasteiger partial charge on any atom is -0.372 e. The molecule has 2 rings (SSSR count). The highest BCUT2D eigenvalue weighted by atomic mass is 79.9. The van der Waals surface area contributed by atoms with Gasteiger partial charge in [-0.2, -0.15) is 0 Å². The van der Waals surface area contributed by atoms with E-state index in [1.807, 2.05) is 30.5 Å². The molecule has 17 heavy (non-hydrogen) atoms. The highest BCUT2D eigenvalue weighted by Gasteiger charge is 1.97. The van der Waals surface area contributed by atoms with Crippen LogP contribution in [0, 0.1) is 0 Å². The summed E-state index contributed by atoms with van der Waals surface area (Å²) < 4.78 is 7.68. The van der Waals surface area contributed by atoms with Crippen LogP contribution in [0.4, 0.5) is 0 Å². The van der Waals surface area contributed by atoms with Crippen molar-refractivity contribution >= 4 is 31.9 Å². The van der Waals surface area contributed by atoms with Gasteiger partial charge >= 0.3 is 0 Å². The van der Waals surface area contributed by atoms with E-state index in [1.165, 1.54) is 0 Å². The standard InChI is InChI=1S/C13H11Br2NO/c14-12-3-1-2-10(4-12)8-17-9-11-5-13(15)7-16-6-11/h1-7H,8-9H2. The van der Waals surface area contributed by atoms with Crippen LogP contribution in [0.2, 0.25) is 0 Å². The first-order valence-corrected chi connectivity index (χ1v) is 6.74. The summed E-state index contributed by atoms with van der Waals surface area (Å²) >= 11 is 6.82. The normalized spacial score (nSPS) is 10.5. The van der Waals surface area contributed by atoms with Gasteiger partial charge in [0.25, 0.3) is 0 Å². The van der Waals surface area contributed by atoms with Crippen LogP contribution >= 0.6 is 31.9 Å². The second-order valence-corrected chi connectivity index (χ2v) is 5.47. The van der Waals surface area contributed by atoms with Gasteiger partial charge in [0.15, 0.2) is 0 Å². The Hall–Kier alpha value is -0.710. The molecule has 0 atom stereocenters. The lowest BCUT2D eigenvalue weighted by Crippen LogP contribution is -1.94. The predicted octanol–water partition coefficient (Wildman–Crippen LogP) is 4.32. The Labute approximate surface area is 117 Å². The fourth-order valence-electron chi connectivity index (χ4n) is 1.45. The van der Waals surface area contributed by atoms with Gasteiger partial charge in [-0.05, 0) is 45.3 Å². The van der Waals surface area contributed by atoms with Crippen molar-refractivity contribution < 1.29 is 4.74 Å². The summed E-state index contributed by atoms with van der Waals surface area (Å²) in [5, 5.41) is 0. The van der Waals surface area contributed by atoms with E-state index >= 15 is 0 Å². The summed E-state index contributed by atoms with van der Waals surface area (Å²) in [5.74, 6) is 0. The van der Waals surface area contributed by atoms with Crippen LogP contribution in [0.15, 0.2) is 51.7 Å². The van der Waals surface area contributed by atoms with Crippen LogP contribution in [-0.2, 0) is 18.0 Å². The van der Waals surface area contributed by atoms with Crippen LogP contribution in [0.25, 0.3) is 0 Å². The summed E-state index contributed by atoms with van der Waals surface area (Å²) in [5.41, 5.74) is 2.22. The first-order valence-electron chi connectivity index (χ1n) is 5.15. The number of benzene rings is 1. The SMILES string of the molecule is Brc1cccc(COCc2cncc(Br)c2)c1. The highest BCUT2D eigenvalue weighted by molar-refractivity contribution is 9.10. The summed E-state index contributed by atoms with van der Waals surface area (Å²) in [6.45, 7) is 1.17. The van der Waals surface area contributed by atoms with Gasteiger partial charge in [-0.25, -0.2) is 0 Å². The molecule has 0 N–H and O–H groups in total. The zero-order valence-corrected chi connectivity index (χ0v) is 12.2. The summed E-state index contributed by atoms with van der Waals surface area (Å²) in [6, 6.07) is 10.1. The van der Waals surface area contributed by atoms with E-state index in [0.29, 0.717) is 13.2 Å². The van der Waals surface area contributed by atoms with Crippen LogP contribution in [0.5, 0.6) is 0 Å². The second-order valence-electron chi connectivity index (χ2n) is 3.63. The molecule has 0 saturated carbocycles. The molecule has 0 aliphatic carbocycles. The number of nitrogens with zero attached hydrogens (tertiary/aromatic N) is 1. The molecule has 88 valence electrons. The fraction of sp³-hybridized carbons (Fsp3) is 0.154. The summed E-state index contributed by atoms with van der Waals surface area (Å²) in [6.07, 6.45) is 3.57. The van der Waals surface area contributed by atoms with Gasteiger partial charge in [0.05, 0.1) is 13.2 Å². The number of pyridine rings is 1. The molecular weight excluding hydrogens is 346 g/mol. The Morgan fingerprint density at radius 2 is 1.71 bits per heavy atom. The quantitative estimate of drug-likeness (QED) is 0.813. The third-order valence-corrected chi connectivity index (χ3v) is 3.11. The molecule has 1 aromatic heterocycles. The van der Waals surface area contributed by atoms with E-state index in [2.05, 4.69) is 42.9 Å². The Kier molecular flexibility index (Phi) is 4.71. The zero-order valence-electron chi connectivity index (χ0n) is 9.07. The minimum absolute atomic E-state index is 0.568. The number of ether oxygens (including phenoxy) is 1. The number of hydrogen-bond acceptors (Lipinski definition) is 2. The van der Waals surface area contributed by atoms with Crippen molar-refractivity contribution in [3.63, 3.8) is 0 Å². The molecule has 0 radical (unpaired) electrons. The topological polar surface area (TPSA) is 22.1 Å². The Morgan fingerprint density at radius 1 is 0.941 bits per heavy atom. The monoisotopic (exact) mass is 355 g/mol. The van der Waals surface area contributed by atoms with Crippen molar-refractivity contribution in [2.45, 2.75) is 13.2 Å². The second kappa shape index (κ2) is 6.28. The zero-order chi connectivity index (χ0) is 12.1. The van der Waals surface area contributed by atoms with Crippen LogP contribution in [-0.4, -0.2) is 4.98 Å². The summed E-state index contributed by atoms with van der Waals surface area (Å²) in [7, 11) is 0. The molecule has 0 bridgehead atoms. The smallest absolute Gasteiger partial charge is 0.0736 e. The van der Waals surface area contributed by atoms with Crippen molar-refractivity contribution in [2.24, 2.45) is 0 Å². The lowest BCUT2D eigenvalue weighted by Gasteiger charge is -2.05. The number of aromatic nitrogens is 1. The third kappa shape index (κ3) is 4.22. The molecule has 2 aromatic rings. The molecule has 0 aliphatic rings. The number of hydrogen-bond donors (Lipinski definition) is 0. The van der Waals surface area contributed by atoms with Gasteiger partial charge in [-0.15, -0.1) is 0 Å². The van der Waals surface area contributed by atoms with Gasteiger partial charge in [-0.1, -0.05) is 28.1 Å². The van der Waals surface area contributed by atoms with Gasteiger partial charge in [-0.3, -0.25) is 4.98 Å². The van der Waals surface area contributed by atoms with Crippen molar-refractivity contribution in [3.05, 3.63) is 62.8 Å². The number of rotatable bonds is 4. The van der Waals surface area contributed by atoms with E-state index in [9.17, 15) is 0 Å². The highest BCUT2D eigenvalue weighted by Crippen LogP contribution is 2.14. The largest absolute Gasteiger partial charge is 0.372 e. The van der Waals surface area contributed by atoms with Crippen LogP contribution in [0.3, 0.4) is 0 Å². The molecule has 2 nitrogen and oxygen atoms in total. The molecule has 0 amide bonds. The lowest BCUT2D eigenvalue weighted by atomic mass is 10.2. The lowest BCUT2D eigenvalue weighted by molar-refractivity contribution is 0.107. The first kappa shape index (κ1) is 12.7. The average Bonchev–Trinajstić information content (AvgIpc) is 2.29.